The van der Waals surface area contributed by atoms with Crippen LogP contribution in [0.3, 0.4) is 0 Å². The highest BCUT2D eigenvalue weighted by molar-refractivity contribution is 7.87. The maximum atomic E-state index is 5.70. The molecule has 0 saturated heterocycles. The Balaban J connectivity index is 1.79. The highest BCUT2D eigenvalue weighted by atomic mass is 31.2. The van der Waals surface area contributed by atoms with E-state index in [2.05, 4.69) is 154 Å². The minimum absolute atomic E-state index is 0.00283. The summed E-state index contributed by atoms with van der Waals surface area (Å²) in [4.78, 5) is 0. The second kappa shape index (κ2) is 11.6. The van der Waals surface area contributed by atoms with Gasteiger partial charge in [-0.15, -0.1) is 0 Å². The molecule has 36 heavy (non-hydrogen) atoms. The smallest absolute Gasteiger partial charge is 0.0592 e. The van der Waals surface area contributed by atoms with Crippen molar-refractivity contribution in [2.75, 3.05) is 6.54 Å². The van der Waals surface area contributed by atoms with Gasteiger partial charge in [0.15, 0.2) is 0 Å². The number of benzene rings is 4. The summed E-state index contributed by atoms with van der Waals surface area (Å²) in [6, 6.07) is 43.2. The standard InChI is InChI=1S/C33H37N2P/c1-27(25-28-17-9-5-10-18-28)35-32(33(2,3)4)26-34-36(29-19-11-6-12-20-29,30-21-13-7-14-22-30)31-23-15-8-16-24-31/h5-24,32,35H,1,25-26H2,2-4H3/t32-/m1/s1. The van der Waals surface area contributed by atoms with Crippen LogP contribution in [0.1, 0.15) is 26.3 Å². The lowest BCUT2D eigenvalue weighted by Gasteiger charge is -2.34. The third-order valence-corrected chi connectivity index (χ3v) is 10.3. The van der Waals surface area contributed by atoms with Crippen molar-refractivity contribution in [3.63, 3.8) is 0 Å². The fourth-order valence-corrected chi connectivity index (χ4v) is 8.11. The van der Waals surface area contributed by atoms with E-state index >= 15 is 0 Å². The van der Waals surface area contributed by atoms with Gasteiger partial charge >= 0.3 is 0 Å². The average molecular weight is 493 g/mol. The molecule has 0 spiro atoms. The van der Waals surface area contributed by atoms with Gasteiger partial charge in [0.05, 0.1) is 19.6 Å². The Morgan fingerprint density at radius 2 is 1.08 bits per heavy atom. The Kier molecular flexibility index (Phi) is 8.28. The lowest BCUT2D eigenvalue weighted by molar-refractivity contribution is 0.290. The molecule has 1 N–H and O–H groups in total. The minimum Gasteiger partial charge on any atom is -0.383 e. The van der Waals surface area contributed by atoms with Gasteiger partial charge in [-0.25, -0.2) is 0 Å². The van der Waals surface area contributed by atoms with Crippen LogP contribution in [0.5, 0.6) is 0 Å². The molecule has 0 aliphatic rings. The molecule has 184 valence electrons. The number of nitrogens with one attached hydrogen (secondary N) is 1. The van der Waals surface area contributed by atoms with Crippen LogP contribution in [0.15, 0.2) is 138 Å². The lowest BCUT2D eigenvalue weighted by atomic mass is 9.86. The normalized spacial score (nSPS) is 12.5. The molecule has 0 heterocycles. The van der Waals surface area contributed by atoms with E-state index in [4.69, 9.17) is 4.74 Å². The van der Waals surface area contributed by atoms with Crippen LogP contribution in [0.25, 0.3) is 0 Å². The molecule has 4 aromatic carbocycles. The van der Waals surface area contributed by atoms with Crippen molar-refractivity contribution in [1.29, 1.82) is 0 Å². The molecular formula is C33H37N2P. The van der Waals surface area contributed by atoms with Crippen molar-refractivity contribution in [3.05, 3.63) is 139 Å². The Bertz CT molecular complexity index is 1190. The van der Waals surface area contributed by atoms with E-state index < -0.39 is 7.05 Å². The molecule has 0 bridgehead atoms. The summed E-state index contributed by atoms with van der Waals surface area (Å²) in [5.41, 5.74) is 2.29. The van der Waals surface area contributed by atoms with E-state index in [0.717, 1.165) is 12.1 Å². The SMILES string of the molecule is C=C(Cc1ccccc1)N[C@H](CN=P(c1ccccc1)(c1ccccc1)c1ccccc1)C(C)(C)C. The minimum atomic E-state index is -2.23. The predicted octanol–water partition coefficient (Wildman–Crippen LogP) is 6.92. The molecule has 0 fully saturated rings. The summed E-state index contributed by atoms with van der Waals surface area (Å²) in [7, 11) is -2.23. The summed E-state index contributed by atoms with van der Waals surface area (Å²) < 4.78 is 5.70. The zero-order chi connectivity index (χ0) is 25.4. The van der Waals surface area contributed by atoms with Crippen LogP contribution in [-0.4, -0.2) is 12.6 Å². The highest BCUT2D eigenvalue weighted by Crippen LogP contribution is 2.46. The fourth-order valence-electron chi connectivity index (χ4n) is 4.50. The van der Waals surface area contributed by atoms with E-state index in [1.807, 2.05) is 0 Å². The summed E-state index contributed by atoms with van der Waals surface area (Å²) in [5, 5.41) is 7.59. The van der Waals surface area contributed by atoms with E-state index in [0.29, 0.717) is 6.54 Å². The molecular weight excluding hydrogens is 455 g/mol. The van der Waals surface area contributed by atoms with Crippen LogP contribution < -0.4 is 21.2 Å². The van der Waals surface area contributed by atoms with Gasteiger partial charge in [-0.2, -0.15) is 0 Å². The highest BCUT2D eigenvalue weighted by Gasteiger charge is 2.30. The van der Waals surface area contributed by atoms with Crippen LogP contribution in [-0.2, 0) is 6.42 Å². The van der Waals surface area contributed by atoms with Crippen molar-refractivity contribution in [3.8, 4) is 0 Å². The molecule has 0 aliphatic heterocycles. The van der Waals surface area contributed by atoms with Crippen molar-refractivity contribution >= 4 is 23.0 Å². The zero-order valence-corrected chi connectivity index (χ0v) is 22.5. The summed E-state index contributed by atoms with van der Waals surface area (Å²) in [6.45, 7) is 11.9. The fraction of sp³-hybridized carbons (Fsp3) is 0.212. The van der Waals surface area contributed by atoms with Gasteiger partial charge in [0.25, 0.3) is 0 Å². The predicted molar refractivity (Wildman–Crippen MR) is 158 cm³/mol. The maximum Gasteiger partial charge on any atom is 0.0592 e. The summed E-state index contributed by atoms with van der Waals surface area (Å²) >= 11 is 0. The molecule has 0 amide bonds. The Hall–Kier alpha value is -3.35. The Morgan fingerprint density at radius 1 is 0.694 bits per heavy atom. The molecule has 0 aromatic heterocycles. The van der Waals surface area contributed by atoms with Crippen molar-refractivity contribution in [1.82, 2.24) is 5.32 Å². The Labute approximate surface area is 217 Å². The monoisotopic (exact) mass is 492 g/mol. The third kappa shape index (κ3) is 6.07. The summed E-state index contributed by atoms with van der Waals surface area (Å²) in [5.74, 6) is 0. The maximum absolute atomic E-state index is 5.70. The number of rotatable bonds is 9. The summed E-state index contributed by atoms with van der Waals surface area (Å²) in [6.07, 6.45) is 0.809. The zero-order valence-electron chi connectivity index (χ0n) is 21.6. The first-order valence-electron chi connectivity index (χ1n) is 12.6. The number of allylic oxidation sites excluding steroid dienone is 1. The molecule has 1 atom stereocenters. The first-order chi connectivity index (χ1) is 17.4. The van der Waals surface area contributed by atoms with Crippen molar-refractivity contribution in [2.45, 2.75) is 33.2 Å². The second-order valence-electron chi connectivity index (χ2n) is 10.3. The Morgan fingerprint density at radius 3 is 1.47 bits per heavy atom. The quantitative estimate of drug-likeness (QED) is 0.252. The lowest BCUT2D eigenvalue weighted by Crippen LogP contribution is -2.42. The van der Waals surface area contributed by atoms with E-state index in [9.17, 15) is 0 Å². The molecule has 0 radical (unpaired) electrons. The van der Waals surface area contributed by atoms with Gasteiger partial charge in [0.1, 0.15) is 0 Å². The molecule has 4 rings (SSSR count). The number of hydrogen-bond donors (Lipinski definition) is 1. The van der Waals surface area contributed by atoms with E-state index in [1.165, 1.54) is 21.5 Å². The molecule has 0 unspecified atom stereocenters. The van der Waals surface area contributed by atoms with Gasteiger partial charge in [-0.1, -0.05) is 149 Å². The largest absolute Gasteiger partial charge is 0.383 e. The van der Waals surface area contributed by atoms with Gasteiger partial charge < -0.3 is 5.32 Å². The first kappa shape index (κ1) is 25.7. The average Bonchev–Trinajstić information content (AvgIpc) is 2.90. The third-order valence-electron chi connectivity index (χ3n) is 6.55. The van der Waals surface area contributed by atoms with E-state index in [-0.39, 0.29) is 11.5 Å². The number of hydrogen-bond acceptors (Lipinski definition) is 2. The van der Waals surface area contributed by atoms with Gasteiger partial charge in [-0.3, -0.25) is 4.74 Å². The molecule has 4 aromatic rings. The van der Waals surface area contributed by atoms with Gasteiger partial charge in [-0.05, 0) is 11.0 Å². The molecule has 2 nitrogen and oxygen atoms in total. The van der Waals surface area contributed by atoms with Gasteiger partial charge in [0.2, 0.25) is 0 Å². The van der Waals surface area contributed by atoms with Crippen LogP contribution in [0.4, 0.5) is 0 Å². The topological polar surface area (TPSA) is 24.4 Å². The van der Waals surface area contributed by atoms with Crippen molar-refractivity contribution < 1.29 is 0 Å². The molecule has 0 saturated carbocycles. The van der Waals surface area contributed by atoms with Crippen LogP contribution >= 0.6 is 7.05 Å². The number of nitrogens with zero attached hydrogens (tertiary/aromatic N) is 1. The first-order valence-corrected chi connectivity index (χ1v) is 14.4. The van der Waals surface area contributed by atoms with Crippen LogP contribution in [0, 0.1) is 5.41 Å². The van der Waals surface area contributed by atoms with E-state index in [1.54, 1.807) is 0 Å². The van der Waals surface area contributed by atoms with Crippen molar-refractivity contribution in [2.24, 2.45) is 10.2 Å². The van der Waals surface area contributed by atoms with Crippen LogP contribution in [0.2, 0.25) is 0 Å². The second-order valence-corrected chi connectivity index (χ2v) is 13.4. The van der Waals surface area contributed by atoms with Gasteiger partial charge in [0, 0.05) is 28.0 Å². The molecule has 3 heteroatoms. The molecule has 0 aliphatic carbocycles.